The maximum atomic E-state index is 13.9. The van der Waals surface area contributed by atoms with Gasteiger partial charge in [0.05, 0.1) is 24.1 Å². The summed E-state index contributed by atoms with van der Waals surface area (Å²) in [6.45, 7) is 2.07. The predicted octanol–water partition coefficient (Wildman–Crippen LogP) is 6.79. The summed E-state index contributed by atoms with van der Waals surface area (Å²) in [6, 6.07) is 23.1. The number of nitrogens with zero attached hydrogens (tertiary/aromatic N) is 1. The van der Waals surface area contributed by atoms with Gasteiger partial charge in [0.25, 0.3) is 0 Å². The fourth-order valence-corrected chi connectivity index (χ4v) is 6.00. The molecule has 180 valence electrons. The van der Waals surface area contributed by atoms with E-state index in [1.807, 2.05) is 53.9 Å². The van der Waals surface area contributed by atoms with E-state index < -0.39 is 6.04 Å². The van der Waals surface area contributed by atoms with Gasteiger partial charge >= 0.3 is 0 Å². The maximum Gasteiger partial charge on any atom is 0.233 e. The van der Waals surface area contributed by atoms with E-state index >= 15 is 0 Å². The molecule has 0 saturated heterocycles. The third kappa shape index (κ3) is 4.07. The van der Waals surface area contributed by atoms with Crippen molar-refractivity contribution in [1.82, 2.24) is 0 Å². The quantitative estimate of drug-likeness (QED) is 0.339. The van der Waals surface area contributed by atoms with Crippen LogP contribution in [0, 0.1) is 6.92 Å². The van der Waals surface area contributed by atoms with Crippen molar-refractivity contribution >= 4 is 34.4 Å². The number of furan rings is 1. The Kier molecular flexibility index (Phi) is 5.82. The average Bonchev–Trinajstić information content (AvgIpc) is 3.56. The van der Waals surface area contributed by atoms with Crippen molar-refractivity contribution in [3.63, 3.8) is 0 Å². The summed E-state index contributed by atoms with van der Waals surface area (Å²) in [5.41, 5.74) is 5.38. The minimum Gasteiger partial charge on any atom is -0.467 e. The first-order chi connectivity index (χ1) is 17.6. The Hall–Kier alpha value is -3.90. The van der Waals surface area contributed by atoms with E-state index in [4.69, 9.17) is 4.42 Å². The fraction of sp³-hybridized carbons (Fsp3) is 0.200. The zero-order valence-corrected chi connectivity index (χ0v) is 20.8. The molecule has 36 heavy (non-hydrogen) atoms. The lowest BCUT2D eigenvalue weighted by Gasteiger charge is -2.33. The molecule has 2 aromatic carbocycles. The van der Waals surface area contributed by atoms with Crippen LogP contribution in [0.4, 0.5) is 11.4 Å². The van der Waals surface area contributed by atoms with Crippen LogP contribution in [-0.4, -0.2) is 11.7 Å². The standard InChI is InChI=1S/C30H26N2O3S/c1-19-10-12-20(13-11-19)21-16-24-29(26(33)17-21)30(27-9-4-14-35-27)32(25-8-3-2-7-23(25)31-24)28(34)18-22-6-5-15-36-22/h2-15,21,30-31H,16-18H2,1H3/t21-,30-/m0/s1. The Labute approximate surface area is 214 Å². The molecule has 2 aliphatic rings. The van der Waals surface area contributed by atoms with Gasteiger partial charge in [-0.2, -0.15) is 0 Å². The van der Waals surface area contributed by atoms with Crippen molar-refractivity contribution in [1.29, 1.82) is 0 Å². The van der Waals surface area contributed by atoms with Crippen molar-refractivity contribution in [2.24, 2.45) is 0 Å². The first-order valence-electron chi connectivity index (χ1n) is 12.1. The van der Waals surface area contributed by atoms with Crippen molar-refractivity contribution in [2.45, 2.75) is 38.1 Å². The van der Waals surface area contributed by atoms with E-state index in [2.05, 4.69) is 36.5 Å². The third-order valence-electron chi connectivity index (χ3n) is 7.02. The topological polar surface area (TPSA) is 62.6 Å². The van der Waals surface area contributed by atoms with Crippen LogP contribution >= 0.6 is 11.3 Å². The zero-order chi connectivity index (χ0) is 24.6. The summed E-state index contributed by atoms with van der Waals surface area (Å²) in [6.07, 6.45) is 2.93. The molecular weight excluding hydrogens is 468 g/mol. The van der Waals surface area contributed by atoms with Gasteiger partial charge in [0, 0.05) is 22.6 Å². The van der Waals surface area contributed by atoms with E-state index in [0.29, 0.717) is 24.2 Å². The number of amides is 1. The summed E-state index contributed by atoms with van der Waals surface area (Å²) < 4.78 is 5.88. The van der Waals surface area contributed by atoms with Crippen molar-refractivity contribution in [2.75, 3.05) is 10.2 Å². The molecule has 0 unspecified atom stereocenters. The Morgan fingerprint density at radius 1 is 1.03 bits per heavy atom. The lowest BCUT2D eigenvalue weighted by molar-refractivity contribution is -0.118. The first kappa shape index (κ1) is 22.6. The molecule has 1 aliphatic heterocycles. The number of rotatable bonds is 4. The normalized spacial score (nSPS) is 19.4. The number of ketones is 1. The molecule has 0 radical (unpaired) electrons. The summed E-state index contributed by atoms with van der Waals surface area (Å²) >= 11 is 1.56. The van der Waals surface area contributed by atoms with Crippen LogP contribution < -0.4 is 10.2 Å². The lowest BCUT2D eigenvalue weighted by Crippen LogP contribution is -2.39. The molecule has 2 atom stereocenters. The van der Waals surface area contributed by atoms with E-state index in [-0.39, 0.29) is 24.0 Å². The largest absolute Gasteiger partial charge is 0.467 e. The van der Waals surface area contributed by atoms with Gasteiger partial charge < -0.3 is 9.73 Å². The van der Waals surface area contributed by atoms with Crippen LogP contribution in [0.15, 0.2) is 100 Å². The summed E-state index contributed by atoms with van der Waals surface area (Å²) in [5.74, 6) is 0.623. The minimum atomic E-state index is -0.634. The maximum absolute atomic E-state index is 13.9. The van der Waals surface area contributed by atoms with Crippen LogP contribution in [0.1, 0.15) is 46.6 Å². The molecule has 4 aromatic rings. The second-order valence-electron chi connectivity index (χ2n) is 9.41. The third-order valence-corrected chi connectivity index (χ3v) is 7.90. The zero-order valence-electron chi connectivity index (χ0n) is 19.9. The van der Waals surface area contributed by atoms with Gasteiger partial charge in [-0.3, -0.25) is 14.5 Å². The Morgan fingerprint density at radius 2 is 1.86 bits per heavy atom. The van der Waals surface area contributed by atoms with Crippen LogP contribution in [-0.2, 0) is 16.0 Å². The highest BCUT2D eigenvalue weighted by Gasteiger charge is 2.42. The fourth-order valence-electron chi connectivity index (χ4n) is 5.30. The molecule has 5 nitrogen and oxygen atoms in total. The molecule has 1 aliphatic carbocycles. The lowest BCUT2D eigenvalue weighted by atomic mass is 9.79. The van der Waals surface area contributed by atoms with Gasteiger partial charge in [0.15, 0.2) is 5.78 Å². The molecular formula is C30H26N2O3S. The summed E-state index contributed by atoms with van der Waals surface area (Å²) in [7, 11) is 0. The second-order valence-corrected chi connectivity index (χ2v) is 10.4. The Bertz CT molecular complexity index is 1440. The molecule has 2 aromatic heterocycles. The highest BCUT2D eigenvalue weighted by molar-refractivity contribution is 7.10. The number of benzene rings is 2. The van der Waals surface area contributed by atoms with Gasteiger partial charge in [0.2, 0.25) is 5.91 Å². The van der Waals surface area contributed by atoms with Crippen LogP contribution in [0.3, 0.4) is 0 Å². The molecule has 6 rings (SSSR count). The number of para-hydroxylation sites is 2. The van der Waals surface area contributed by atoms with E-state index in [1.54, 1.807) is 22.5 Å². The molecule has 0 spiro atoms. The van der Waals surface area contributed by atoms with E-state index in [9.17, 15) is 9.59 Å². The molecule has 1 amide bonds. The van der Waals surface area contributed by atoms with E-state index in [0.717, 1.165) is 27.5 Å². The number of carbonyl (C=O) groups excluding carboxylic acids is 2. The molecule has 0 fully saturated rings. The summed E-state index contributed by atoms with van der Waals surface area (Å²) in [4.78, 5) is 30.6. The number of carbonyl (C=O) groups is 2. The highest BCUT2D eigenvalue weighted by atomic mass is 32.1. The van der Waals surface area contributed by atoms with Crippen LogP contribution in [0.2, 0.25) is 0 Å². The smallest absolute Gasteiger partial charge is 0.233 e. The van der Waals surface area contributed by atoms with Gasteiger partial charge in [-0.15, -0.1) is 11.3 Å². The number of anilines is 2. The Balaban J connectivity index is 1.49. The molecule has 0 bridgehead atoms. The van der Waals surface area contributed by atoms with Gasteiger partial charge in [-0.05, 0) is 60.5 Å². The number of nitrogens with one attached hydrogen (secondary N) is 1. The van der Waals surface area contributed by atoms with E-state index in [1.165, 1.54) is 5.56 Å². The molecule has 6 heteroatoms. The number of aryl methyl sites for hydroxylation is 1. The SMILES string of the molecule is Cc1ccc([C@@H]2CC(=O)C3=C(C2)Nc2ccccc2N(C(=O)Cc2cccs2)[C@H]3c2ccco2)cc1. The number of thiophene rings is 1. The van der Waals surface area contributed by atoms with Gasteiger partial charge in [-0.25, -0.2) is 0 Å². The monoisotopic (exact) mass is 494 g/mol. The number of allylic oxidation sites excluding steroid dienone is 1. The minimum absolute atomic E-state index is 0.0393. The van der Waals surface area contributed by atoms with Crippen molar-refractivity contribution in [3.8, 4) is 0 Å². The average molecular weight is 495 g/mol. The second kappa shape index (κ2) is 9.28. The van der Waals surface area contributed by atoms with Gasteiger partial charge in [-0.1, -0.05) is 48.0 Å². The molecule has 1 N–H and O–H groups in total. The number of Topliss-reactive ketones (excluding diaryl/α,β-unsaturated/α-hetero) is 1. The molecule has 3 heterocycles. The number of hydrogen-bond acceptors (Lipinski definition) is 5. The summed E-state index contributed by atoms with van der Waals surface area (Å²) in [5, 5.41) is 5.54. The number of hydrogen-bond donors (Lipinski definition) is 1. The van der Waals surface area contributed by atoms with Gasteiger partial charge in [0.1, 0.15) is 11.8 Å². The molecule has 0 saturated carbocycles. The highest BCUT2D eigenvalue weighted by Crippen LogP contribution is 2.47. The van der Waals surface area contributed by atoms with Crippen molar-refractivity contribution in [3.05, 3.63) is 117 Å². The Morgan fingerprint density at radius 3 is 2.61 bits per heavy atom. The van der Waals surface area contributed by atoms with Crippen LogP contribution in [0.5, 0.6) is 0 Å². The van der Waals surface area contributed by atoms with Crippen LogP contribution in [0.25, 0.3) is 0 Å². The number of fused-ring (bicyclic) bond motifs is 1. The predicted molar refractivity (Wildman–Crippen MR) is 142 cm³/mol. The first-order valence-corrected chi connectivity index (χ1v) is 13.0. The van der Waals surface area contributed by atoms with Crippen molar-refractivity contribution < 1.29 is 14.0 Å².